The van der Waals surface area contributed by atoms with Gasteiger partial charge in [-0.15, -0.1) is 0 Å². The smallest absolute Gasteiger partial charge is 0.244 e. The number of rotatable bonds is 6. The standard InChI is InChI=1S/C25H22N2O4S/c1-17-7-13-21(14-8-17)32(30,31)24-15-27(23-6-4-3-5-22(23)24)16-25(29)26-20-11-9-19(10-12-20)18(2)28/h3-15H,16H2,1-2H3,(H,26,29). The number of Topliss-reactive ketones (excluding diaryl/α,β-unsaturated/α-hetero) is 1. The minimum absolute atomic E-state index is 0.0518. The lowest BCUT2D eigenvalue weighted by Gasteiger charge is -2.08. The first-order valence-electron chi connectivity index (χ1n) is 10.1. The Hall–Kier alpha value is -3.71. The molecular formula is C25H22N2O4S. The van der Waals surface area contributed by atoms with E-state index in [1.54, 1.807) is 77.4 Å². The Bertz CT molecular complexity index is 1420. The number of nitrogens with one attached hydrogen (secondary N) is 1. The summed E-state index contributed by atoms with van der Waals surface area (Å²) >= 11 is 0. The van der Waals surface area contributed by atoms with Gasteiger partial charge in [0.05, 0.1) is 9.79 Å². The van der Waals surface area contributed by atoms with Crippen molar-refractivity contribution in [2.24, 2.45) is 0 Å². The zero-order valence-corrected chi connectivity index (χ0v) is 18.5. The van der Waals surface area contributed by atoms with Crippen molar-refractivity contribution < 1.29 is 18.0 Å². The number of aryl methyl sites for hydroxylation is 1. The molecule has 0 aliphatic heterocycles. The molecule has 3 aromatic carbocycles. The van der Waals surface area contributed by atoms with E-state index in [9.17, 15) is 18.0 Å². The Morgan fingerprint density at radius 3 is 2.22 bits per heavy atom. The van der Waals surface area contributed by atoms with Crippen LogP contribution in [0.25, 0.3) is 10.9 Å². The lowest BCUT2D eigenvalue weighted by Crippen LogP contribution is -2.18. The van der Waals surface area contributed by atoms with Crippen LogP contribution in [0.1, 0.15) is 22.8 Å². The van der Waals surface area contributed by atoms with E-state index < -0.39 is 9.84 Å². The van der Waals surface area contributed by atoms with Gasteiger partial charge in [-0.2, -0.15) is 0 Å². The average molecular weight is 447 g/mol. The van der Waals surface area contributed by atoms with Gasteiger partial charge in [-0.05, 0) is 56.3 Å². The minimum atomic E-state index is -3.75. The van der Waals surface area contributed by atoms with Crippen molar-refractivity contribution >= 4 is 38.1 Å². The Labute approximate surface area is 186 Å². The second-order valence-corrected chi connectivity index (χ2v) is 9.55. The molecule has 7 heteroatoms. The predicted molar refractivity (Wildman–Crippen MR) is 124 cm³/mol. The van der Waals surface area contributed by atoms with Gasteiger partial charge in [-0.1, -0.05) is 35.9 Å². The van der Waals surface area contributed by atoms with Gasteiger partial charge in [0.2, 0.25) is 15.7 Å². The van der Waals surface area contributed by atoms with Gasteiger partial charge >= 0.3 is 0 Å². The third-order valence-electron chi connectivity index (χ3n) is 5.26. The highest BCUT2D eigenvalue weighted by atomic mass is 32.2. The van der Waals surface area contributed by atoms with Crippen molar-refractivity contribution in [3.8, 4) is 0 Å². The maximum atomic E-state index is 13.3. The van der Waals surface area contributed by atoms with E-state index in [0.717, 1.165) is 5.56 Å². The van der Waals surface area contributed by atoms with Crippen LogP contribution >= 0.6 is 0 Å². The normalized spacial score (nSPS) is 11.4. The van der Waals surface area contributed by atoms with E-state index in [1.165, 1.54) is 13.1 Å². The van der Waals surface area contributed by atoms with Gasteiger partial charge in [0.25, 0.3) is 0 Å². The van der Waals surface area contributed by atoms with Crippen LogP contribution < -0.4 is 5.32 Å². The van der Waals surface area contributed by atoms with E-state index in [1.807, 2.05) is 6.92 Å². The molecule has 0 atom stereocenters. The first-order valence-corrected chi connectivity index (χ1v) is 11.5. The van der Waals surface area contributed by atoms with E-state index in [4.69, 9.17) is 0 Å². The summed E-state index contributed by atoms with van der Waals surface area (Å²) in [4.78, 5) is 24.4. The van der Waals surface area contributed by atoms with E-state index in [2.05, 4.69) is 5.32 Å². The summed E-state index contributed by atoms with van der Waals surface area (Å²) in [5, 5.41) is 3.35. The van der Waals surface area contributed by atoms with Crippen molar-refractivity contribution in [3.05, 3.63) is 90.1 Å². The van der Waals surface area contributed by atoms with E-state index in [0.29, 0.717) is 22.2 Å². The number of anilines is 1. The number of ketones is 1. The molecule has 0 radical (unpaired) electrons. The molecule has 0 aliphatic carbocycles. The van der Waals surface area contributed by atoms with Gasteiger partial charge in [0.1, 0.15) is 6.54 Å². The summed E-state index contributed by atoms with van der Waals surface area (Å²) in [6, 6.07) is 20.4. The van der Waals surface area contributed by atoms with Crippen LogP contribution in [0.3, 0.4) is 0 Å². The number of sulfone groups is 1. The summed E-state index contributed by atoms with van der Waals surface area (Å²) in [6.07, 6.45) is 1.51. The second-order valence-electron chi connectivity index (χ2n) is 7.64. The van der Waals surface area contributed by atoms with Crippen molar-refractivity contribution in [3.63, 3.8) is 0 Å². The van der Waals surface area contributed by atoms with Gasteiger partial charge in [0, 0.05) is 28.4 Å². The second kappa shape index (κ2) is 8.43. The summed E-state index contributed by atoms with van der Waals surface area (Å²) < 4.78 is 28.2. The third kappa shape index (κ3) is 4.20. The fourth-order valence-electron chi connectivity index (χ4n) is 3.55. The van der Waals surface area contributed by atoms with Crippen molar-refractivity contribution in [2.45, 2.75) is 30.2 Å². The lowest BCUT2D eigenvalue weighted by atomic mass is 10.1. The monoisotopic (exact) mass is 446 g/mol. The summed E-state index contributed by atoms with van der Waals surface area (Å²) in [7, 11) is -3.75. The molecule has 1 amide bonds. The summed E-state index contributed by atoms with van der Waals surface area (Å²) in [6.45, 7) is 3.32. The maximum Gasteiger partial charge on any atom is 0.244 e. The molecule has 0 aliphatic rings. The zero-order chi connectivity index (χ0) is 22.9. The lowest BCUT2D eigenvalue weighted by molar-refractivity contribution is -0.116. The molecule has 0 saturated heterocycles. The van der Waals surface area contributed by atoms with Crippen LogP contribution in [0, 0.1) is 6.92 Å². The molecule has 4 aromatic rings. The van der Waals surface area contributed by atoms with Crippen LogP contribution in [0.5, 0.6) is 0 Å². The fourth-order valence-corrected chi connectivity index (χ4v) is 5.02. The molecule has 1 heterocycles. The van der Waals surface area contributed by atoms with Crippen molar-refractivity contribution in [2.75, 3.05) is 5.32 Å². The summed E-state index contributed by atoms with van der Waals surface area (Å²) in [5.41, 5.74) is 2.74. The topological polar surface area (TPSA) is 85.2 Å². The number of benzene rings is 3. The molecule has 162 valence electrons. The van der Waals surface area contributed by atoms with Gasteiger partial charge < -0.3 is 9.88 Å². The predicted octanol–water partition coefficient (Wildman–Crippen LogP) is 4.62. The first-order chi connectivity index (χ1) is 15.3. The maximum absolute atomic E-state index is 13.3. The van der Waals surface area contributed by atoms with Gasteiger partial charge in [0.15, 0.2) is 5.78 Å². The minimum Gasteiger partial charge on any atom is -0.337 e. The molecule has 0 spiro atoms. The Morgan fingerprint density at radius 1 is 0.906 bits per heavy atom. The molecule has 32 heavy (non-hydrogen) atoms. The molecular weight excluding hydrogens is 424 g/mol. The Kier molecular flexibility index (Phi) is 5.67. The number of carbonyl (C=O) groups excluding carboxylic acids is 2. The van der Waals surface area contributed by atoms with Crippen LogP contribution in [-0.4, -0.2) is 24.7 Å². The van der Waals surface area contributed by atoms with Crippen LogP contribution in [0.15, 0.2) is 88.8 Å². The van der Waals surface area contributed by atoms with Gasteiger partial charge in [-0.3, -0.25) is 9.59 Å². The zero-order valence-electron chi connectivity index (χ0n) is 17.7. The van der Waals surface area contributed by atoms with E-state index >= 15 is 0 Å². The van der Waals surface area contributed by atoms with Crippen LogP contribution in [0.2, 0.25) is 0 Å². The molecule has 0 fully saturated rings. The number of para-hydroxylation sites is 1. The SMILES string of the molecule is CC(=O)c1ccc(NC(=O)Cn2cc(S(=O)(=O)c3ccc(C)cc3)c3ccccc32)cc1. The van der Waals surface area contributed by atoms with Crippen molar-refractivity contribution in [1.82, 2.24) is 4.57 Å². The Morgan fingerprint density at radius 2 is 1.56 bits per heavy atom. The van der Waals surface area contributed by atoms with Gasteiger partial charge in [-0.25, -0.2) is 8.42 Å². The molecule has 0 bridgehead atoms. The van der Waals surface area contributed by atoms with E-state index in [-0.39, 0.29) is 28.0 Å². The number of hydrogen-bond acceptors (Lipinski definition) is 4. The molecule has 0 unspecified atom stereocenters. The van der Waals surface area contributed by atoms with Crippen LogP contribution in [-0.2, 0) is 21.2 Å². The highest BCUT2D eigenvalue weighted by Gasteiger charge is 2.23. The molecule has 1 aromatic heterocycles. The van der Waals surface area contributed by atoms with Crippen molar-refractivity contribution in [1.29, 1.82) is 0 Å². The number of nitrogens with zero attached hydrogens (tertiary/aromatic N) is 1. The number of hydrogen-bond donors (Lipinski definition) is 1. The number of fused-ring (bicyclic) bond motifs is 1. The average Bonchev–Trinajstić information content (AvgIpc) is 3.13. The summed E-state index contributed by atoms with van der Waals surface area (Å²) in [5.74, 6) is -0.357. The fraction of sp³-hybridized carbons (Fsp3) is 0.120. The third-order valence-corrected chi connectivity index (χ3v) is 7.06. The quantitative estimate of drug-likeness (QED) is 0.438. The molecule has 0 saturated carbocycles. The van der Waals surface area contributed by atoms with Crippen LogP contribution in [0.4, 0.5) is 5.69 Å². The molecule has 6 nitrogen and oxygen atoms in total. The molecule has 4 rings (SSSR count). The number of amides is 1. The highest BCUT2D eigenvalue weighted by molar-refractivity contribution is 7.91. The number of carbonyl (C=O) groups is 2. The largest absolute Gasteiger partial charge is 0.337 e. The highest BCUT2D eigenvalue weighted by Crippen LogP contribution is 2.30. The first kappa shape index (κ1) is 21.5. The Balaban J connectivity index is 1.65. The number of aromatic nitrogens is 1. The molecule has 1 N–H and O–H groups in total.